The number of aryl methyl sites for hydroxylation is 1. The summed E-state index contributed by atoms with van der Waals surface area (Å²) in [4.78, 5) is 57.1. The van der Waals surface area contributed by atoms with Gasteiger partial charge in [-0.25, -0.2) is 4.90 Å². The van der Waals surface area contributed by atoms with Crippen LogP contribution in [0.4, 0.5) is 11.4 Å². The number of aromatic amines is 1. The number of H-pyrrole nitrogens is 1. The number of halogens is 1. The number of aromatic nitrogens is 1. The van der Waals surface area contributed by atoms with Crippen LogP contribution in [0.2, 0.25) is 0 Å². The summed E-state index contributed by atoms with van der Waals surface area (Å²) >= 11 is 5.63. The minimum absolute atomic E-state index is 0.255. The highest BCUT2D eigenvalue weighted by Gasteiger charge is 2.56. The monoisotopic (exact) mass is 635 g/mol. The van der Waals surface area contributed by atoms with E-state index in [-0.39, 0.29) is 29.2 Å². The molecule has 202 valence electrons. The number of benzene rings is 3. The van der Waals surface area contributed by atoms with Crippen molar-refractivity contribution in [2.24, 2.45) is 5.92 Å². The van der Waals surface area contributed by atoms with E-state index < -0.39 is 17.1 Å². The van der Waals surface area contributed by atoms with E-state index >= 15 is 0 Å². The van der Waals surface area contributed by atoms with Crippen LogP contribution >= 0.6 is 39.0 Å². The average molecular weight is 637 g/mol. The number of nitrogens with one attached hydrogen (secondary N) is 2. The number of anilines is 2. The van der Waals surface area contributed by atoms with E-state index in [1.54, 1.807) is 36.4 Å². The Morgan fingerprint density at radius 2 is 1.73 bits per heavy atom. The molecule has 6 rings (SSSR count). The summed E-state index contributed by atoms with van der Waals surface area (Å²) in [6, 6.07) is 21.6. The SMILES string of the molecule is Cc1ccc(NC(=O)COc2ccccc2C2c3sc(=O)[nH]c3SC3C(=O)N(c4ccc(Br)cc4)C(=O)C32)cc1. The number of amides is 3. The van der Waals surface area contributed by atoms with Crippen molar-refractivity contribution >= 4 is 68.1 Å². The summed E-state index contributed by atoms with van der Waals surface area (Å²) in [6.07, 6.45) is 0. The average Bonchev–Trinajstić information content (AvgIpc) is 3.44. The van der Waals surface area contributed by atoms with E-state index in [0.717, 1.165) is 21.4 Å². The summed E-state index contributed by atoms with van der Waals surface area (Å²) in [6.45, 7) is 1.71. The molecule has 1 aromatic heterocycles. The van der Waals surface area contributed by atoms with Gasteiger partial charge in [-0.05, 0) is 49.4 Å². The number of nitrogens with zero attached hydrogens (tertiary/aromatic N) is 1. The van der Waals surface area contributed by atoms with Gasteiger partial charge < -0.3 is 15.0 Å². The molecule has 3 amide bonds. The van der Waals surface area contributed by atoms with E-state index in [2.05, 4.69) is 26.2 Å². The van der Waals surface area contributed by atoms with Crippen LogP contribution in [0.15, 0.2) is 87.1 Å². The van der Waals surface area contributed by atoms with Crippen molar-refractivity contribution in [1.82, 2.24) is 4.98 Å². The molecular weight excluding hydrogens is 614 g/mol. The van der Waals surface area contributed by atoms with Crippen LogP contribution in [0.25, 0.3) is 0 Å². The molecule has 4 aromatic rings. The first-order valence-corrected chi connectivity index (χ1v) is 14.9. The molecule has 3 atom stereocenters. The Morgan fingerprint density at radius 3 is 2.48 bits per heavy atom. The number of carbonyl (C=O) groups excluding carboxylic acids is 3. The second kappa shape index (κ2) is 10.7. The topological polar surface area (TPSA) is 109 Å². The van der Waals surface area contributed by atoms with Crippen LogP contribution in [0, 0.1) is 12.8 Å². The van der Waals surface area contributed by atoms with Gasteiger partial charge in [0, 0.05) is 26.5 Å². The Bertz CT molecular complexity index is 1680. The van der Waals surface area contributed by atoms with Gasteiger partial charge in [0.05, 0.1) is 16.6 Å². The maximum absolute atomic E-state index is 13.9. The summed E-state index contributed by atoms with van der Waals surface area (Å²) in [5.74, 6) is -1.97. The van der Waals surface area contributed by atoms with Crippen molar-refractivity contribution in [2.45, 2.75) is 23.1 Å². The van der Waals surface area contributed by atoms with Crippen molar-refractivity contribution in [2.75, 3.05) is 16.8 Å². The second-order valence-electron chi connectivity index (χ2n) is 9.48. The highest BCUT2D eigenvalue weighted by atomic mass is 79.9. The minimum atomic E-state index is -0.758. The van der Waals surface area contributed by atoms with Crippen LogP contribution in [-0.2, 0) is 14.4 Å². The van der Waals surface area contributed by atoms with E-state index in [4.69, 9.17) is 4.74 Å². The standard InChI is InChI=1S/C29H22BrN3O5S2/c1-15-6-10-17(11-7-15)31-21(34)14-38-20-5-3-2-4-19(20)22-23-25(39-26-24(22)40-29(37)32-26)28(36)33(27(23)35)18-12-8-16(30)9-13-18/h2-13,22-23,25H,14H2,1H3,(H,31,34)(H,32,37). The van der Waals surface area contributed by atoms with Gasteiger partial charge in [-0.3, -0.25) is 19.2 Å². The van der Waals surface area contributed by atoms with Gasteiger partial charge in [-0.2, -0.15) is 0 Å². The molecule has 11 heteroatoms. The lowest BCUT2D eigenvalue weighted by Gasteiger charge is -2.30. The Balaban J connectivity index is 1.33. The number of fused-ring (bicyclic) bond motifs is 2. The lowest BCUT2D eigenvalue weighted by molar-refractivity contribution is -0.122. The minimum Gasteiger partial charge on any atom is -0.483 e. The molecule has 0 saturated carbocycles. The van der Waals surface area contributed by atoms with Gasteiger partial charge in [0.1, 0.15) is 11.0 Å². The highest BCUT2D eigenvalue weighted by molar-refractivity contribution is 9.10. The third-order valence-corrected chi connectivity index (χ3v) is 9.79. The lowest BCUT2D eigenvalue weighted by atomic mass is 9.82. The normalized spacial score (nSPS) is 19.8. The summed E-state index contributed by atoms with van der Waals surface area (Å²) < 4.78 is 6.82. The fourth-order valence-corrected chi connectivity index (χ4v) is 7.81. The summed E-state index contributed by atoms with van der Waals surface area (Å²) in [7, 11) is 0. The molecule has 0 bridgehead atoms. The van der Waals surface area contributed by atoms with Gasteiger partial charge in [0.25, 0.3) is 5.91 Å². The lowest BCUT2D eigenvalue weighted by Crippen LogP contribution is -2.32. The van der Waals surface area contributed by atoms with Crippen LogP contribution < -0.4 is 19.8 Å². The molecule has 3 heterocycles. The molecule has 0 aliphatic carbocycles. The first-order chi connectivity index (χ1) is 19.3. The third kappa shape index (κ3) is 4.89. The smallest absolute Gasteiger partial charge is 0.305 e. The van der Waals surface area contributed by atoms with Crippen LogP contribution in [-0.4, -0.2) is 34.6 Å². The molecule has 2 N–H and O–H groups in total. The van der Waals surface area contributed by atoms with Gasteiger partial charge in [0.2, 0.25) is 11.8 Å². The Hall–Kier alpha value is -3.67. The number of hydrogen-bond acceptors (Lipinski definition) is 7. The van der Waals surface area contributed by atoms with Crippen LogP contribution in [0.1, 0.15) is 21.9 Å². The zero-order valence-electron chi connectivity index (χ0n) is 21.1. The van der Waals surface area contributed by atoms with Crippen LogP contribution in [0.3, 0.4) is 0 Å². The number of thiazole rings is 1. The first-order valence-electron chi connectivity index (χ1n) is 12.4. The summed E-state index contributed by atoms with van der Waals surface area (Å²) in [5.41, 5.74) is 2.86. The third-order valence-electron chi connectivity index (χ3n) is 6.86. The van der Waals surface area contributed by atoms with Gasteiger partial charge in [0.15, 0.2) is 6.61 Å². The number of rotatable bonds is 6. The van der Waals surface area contributed by atoms with Crippen molar-refractivity contribution in [3.05, 3.63) is 103 Å². The van der Waals surface area contributed by atoms with E-state index in [9.17, 15) is 19.2 Å². The van der Waals surface area contributed by atoms with Crippen molar-refractivity contribution in [3.8, 4) is 5.75 Å². The number of thioether (sulfide) groups is 1. The molecule has 3 aromatic carbocycles. The largest absolute Gasteiger partial charge is 0.483 e. The van der Waals surface area contributed by atoms with Gasteiger partial charge >= 0.3 is 4.87 Å². The quantitative estimate of drug-likeness (QED) is 0.278. The van der Waals surface area contributed by atoms with Crippen LogP contribution in [0.5, 0.6) is 5.75 Å². The predicted molar refractivity (Wildman–Crippen MR) is 158 cm³/mol. The molecule has 1 saturated heterocycles. The first kappa shape index (κ1) is 26.5. The predicted octanol–water partition coefficient (Wildman–Crippen LogP) is 5.32. The maximum Gasteiger partial charge on any atom is 0.305 e. The zero-order chi connectivity index (χ0) is 28.0. The zero-order valence-corrected chi connectivity index (χ0v) is 24.3. The Morgan fingerprint density at radius 1 is 1.00 bits per heavy atom. The number of carbonyl (C=O) groups is 3. The molecule has 2 aliphatic rings. The Kier molecular flexibility index (Phi) is 7.11. The number of para-hydroxylation sites is 1. The fraction of sp³-hybridized carbons (Fsp3) is 0.172. The molecule has 8 nitrogen and oxygen atoms in total. The van der Waals surface area contributed by atoms with Gasteiger partial charge in [-0.1, -0.05) is 74.9 Å². The molecule has 0 spiro atoms. The Labute approximate surface area is 245 Å². The second-order valence-corrected chi connectivity index (χ2v) is 12.6. The van der Waals surface area contributed by atoms with Crippen molar-refractivity contribution in [1.29, 1.82) is 0 Å². The van der Waals surface area contributed by atoms with Crippen molar-refractivity contribution < 1.29 is 19.1 Å². The number of ether oxygens (including phenoxy) is 1. The van der Waals surface area contributed by atoms with E-state index in [0.29, 0.717) is 32.6 Å². The molecule has 2 aliphatic heterocycles. The van der Waals surface area contributed by atoms with E-state index in [1.807, 2.05) is 43.3 Å². The maximum atomic E-state index is 13.9. The molecule has 1 fully saturated rings. The highest BCUT2D eigenvalue weighted by Crippen LogP contribution is 2.54. The molecular formula is C29H22BrN3O5S2. The fourth-order valence-electron chi connectivity index (χ4n) is 5.04. The molecule has 0 radical (unpaired) electrons. The molecule has 40 heavy (non-hydrogen) atoms. The molecule has 3 unspecified atom stereocenters. The summed E-state index contributed by atoms with van der Waals surface area (Å²) in [5, 5.41) is 2.67. The number of imide groups is 1. The number of hydrogen-bond donors (Lipinski definition) is 2. The van der Waals surface area contributed by atoms with Crippen molar-refractivity contribution in [3.63, 3.8) is 0 Å². The van der Waals surface area contributed by atoms with E-state index in [1.165, 1.54) is 16.7 Å². The van der Waals surface area contributed by atoms with Gasteiger partial charge in [-0.15, -0.1) is 0 Å².